The standard InChI is InChI=1S/C16H28BrN3O/c1-5-20-14(15(17)13(4)18-20)11-16(21)7-6-9-19(10-8-16)12(2)3/h12,21H,5-11H2,1-4H3. The molecule has 1 aromatic rings. The van der Waals surface area contributed by atoms with Gasteiger partial charge in [-0.15, -0.1) is 0 Å². The Hall–Kier alpha value is -0.390. The SMILES string of the molecule is CCn1nc(C)c(Br)c1CC1(O)CCCN(C(C)C)CC1. The summed E-state index contributed by atoms with van der Waals surface area (Å²) in [7, 11) is 0. The van der Waals surface area contributed by atoms with Gasteiger partial charge >= 0.3 is 0 Å². The lowest BCUT2D eigenvalue weighted by Crippen LogP contribution is -2.36. The molecule has 4 nitrogen and oxygen atoms in total. The van der Waals surface area contributed by atoms with Gasteiger partial charge < -0.3 is 10.0 Å². The number of aryl methyl sites for hydroxylation is 2. The molecule has 0 aromatic carbocycles. The lowest BCUT2D eigenvalue weighted by Gasteiger charge is -2.28. The van der Waals surface area contributed by atoms with Gasteiger partial charge in [0.1, 0.15) is 0 Å². The molecule has 5 heteroatoms. The Morgan fingerprint density at radius 3 is 2.67 bits per heavy atom. The molecule has 0 spiro atoms. The third-order valence-electron chi connectivity index (χ3n) is 4.63. The van der Waals surface area contributed by atoms with E-state index in [0.29, 0.717) is 12.5 Å². The summed E-state index contributed by atoms with van der Waals surface area (Å²) >= 11 is 3.64. The molecule has 0 bridgehead atoms. The van der Waals surface area contributed by atoms with Crippen molar-refractivity contribution in [3.8, 4) is 0 Å². The molecule has 1 unspecified atom stereocenters. The van der Waals surface area contributed by atoms with E-state index in [1.54, 1.807) is 0 Å². The molecule has 1 aromatic heterocycles. The molecular formula is C16H28BrN3O. The van der Waals surface area contributed by atoms with Crippen LogP contribution in [0.3, 0.4) is 0 Å². The highest BCUT2D eigenvalue weighted by Gasteiger charge is 2.33. The Morgan fingerprint density at radius 1 is 1.33 bits per heavy atom. The summed E-state index contributed by atoms with van der Waals surface area (Å²) in [6.07, 6.45) is 3.46. The minimum absolute atomic E-state index is 0.558. The minimum Gasteiger partial charge on any atom is -0.389 e. The highest BCUT2D eigenvalue weighted by molar-refractivity contribution is 9.10. The Kier molecular flexibility index (Phi) is 5.49. The fourth-order valence-corrected chi connectivity index (χ4v) is 3.67. The van der Waals surface area contributed by atoms with Gasteiger partial charge in [0.25, 0.3) is 0 Å². The van der Waals surface area contributed by atoms with Gasteiger partial charge in [-0.2, -0.15) is 5.10 Å². The predicted molar refractivity (Wildman–Crippen MR) is 89.6 cm³/mol. The van der Waals surface area contributed by atoms with Crippen molar-refractivity contribution >= 4 is 15.9 Å². The van der Waals surface area contributed by atoms with Crippen LogP contribution in [-0.4, -0.2) is 44.5 Å². The first-order valence-electron chi connectivity index (χ1n) is 8.04. The molecule has 21 heavy (non-hydrogen) atoms. The van der Waals surface area contributed by atoms with Crippen LogP contribution in [0, 0.1) is 6.92 Å². The molecule has 1 fully saturated rings. The zero-order valence-corrected chi connectivity index (χ0v) is 15.3. The number of aliphatic hydroxyl groups is 1. The highest BCUT2D eigenvalue weighted by atomic mass is 79.9. The largest absolute Gasteiger partial charge is 0.389 e. The van der Waals surface area contributed by atoms with Crippen molar-refractivity contribution in [2.24, 2.45) is 0 Å². The maximum atomic E-state index is 11.1. The van der Waals surface area contributed by atoms with E-state index in [1.165, 1.54) is 0 Å². The lowest BCUT2D eigenvalue weighted by molar-refractivity contribution is 0.0228. The van der Waals surface area contributed by atoms with Gasteiger partial charge in [0.05, 0.1) is 21.5 Å². The van der Waals surface area contributed by atoms with Crippen LogP contribution in [0.15, 0.2) is 4.47 Å². The summed E-state index contributed by atoms with van der Waals surface area (Å²) in [6, 6.07) is 0.558. The van der Waals surface area contributed by atoms with Crippen LogP contribution in [0.5, 0.6) is 0 Å². The zero-order valence-electron chi connectivity index (χ0n) is 13.7. The average Bonchev–Trinajstić information content (AvgIpc) is 2.61. The predicted octanol–water partition coefficient (Wildman–Crippen LogP) is 3.14. The Morgan fingerprint density at radius 2 is 2.05 bits per heavy atom. The van der Waals surface area contributed by atoms with Gasteiger partial charge in [-0.25, -0.2) is 0 Å². The van der Waals surface area contributed by atoms with Crippen molar-refractivity contribution in [2.45, 2.75) is 71.6 Å². The van der Waals surface area contributed by atoms with E-state index in [1.807, 2.05) is 11.6 Å². The molecule has 1 saturated heterocycles. The van der Waals surface area contributed by atoms with Crippen LogP contribution in [0.25, 0.3) is 0 Å². The number of aromatic nitrogens is 2. The molecule has 1 N–H and O–H groups in total. The second-order valence-corrected chi connectivity index (χ2v) is 7.34. The molecule has 120 valence electrons. The first-order valence-corrected chi connectivity index (χ1v) is 8.84. The molecule has 0 amide bonds. The van der Waals surface area contributed by atoms with Gasteiger partial charge in [-0.05, 0) is 69.4 Å². The van der Waals surface area contributed by atoms with Gasteiger partial charge in [-0.3, -0.25) is 4.68 Å². The van der Waals surface area contributed by atoms with E-state index in [2.05, 4.69) is 46.7 Å². The fraction of sp³-hybridized carbons (Fsp3) is 0.812. The summed E-state index contributed by atoms with van der Waals surface area (Å²) in [5.41, 5.74) is 1.54. The van der Waals surface area contributed by atoms with Crippen molar-refractivity contribution in [3.63, 3.8) is 0 Å². The molecule has 2 rings (SSSR count). The summed E-state index contributed by atoms with van der Waals surface area (Å²) < 4.78 is 3.07. The lowest BCUT2D eigenvalue weighted by atomic mass is 9.89. The van der Waals surface area contributed by atoms with E-state index >= 15 is 0 Å². The molecule has 2 heterocycles. The van der Waals surface area contributed by atoms with E-state index < -0.39 is 5.60 Å². The first-order chi connectivity index (χ1) is 9.86. The molecule has 0 radical (unpaired) electrons. The quantitative estimate of drug-likeness (QED) is 0.899. The maximum absolute atomic E-state index is 11.1. The highest BCUT2D eigenvalue weighted by Crippen LogP contribution is 2.31. The summed E-state index contributed by atoms with van der Waals surface area (Å²) in [5, 5.41) is 15.6. The van der Waals surface area contributed by atoms with Crippen molar-refractivity contribution in [2.75, 3.05) is 13.1 Å². The number of hydrogen-bond acceptors (Lipinski definition) is 3. The van der Waals surface area contributed by atoms with E-state index in [9.17, 15) is 5.11 Å². The van der Waals surface area contributed by atoms with Gasteiger partial charge in [0.2, 0.25) is 0 Å². The average molecular weight is 358 g/mol. The third-order valence-corrected chi connectivity index (χ3v) is 5.66. The molecule has 1 aliphatic heterocycles. The van der Waals surface area contributed by atoms with Crippen LogP contribution >= 0.6 is 15.9 Å². The van der Waals surface area contributed by atoms with Crippen LogP contribution in [0.2, 0.25) is 0 Å². The van der Waals surface area contributed by atoms with Crippen LogP contribution in [0.4, 0.5) is 0 Å². The summed E-state index contributed by atoms with van der Waals surface area (Å²) in [6.45, 7) is 11.5. The zero-order chi connectivity index (χ0) is 15.6. The van der Waals surface area contributed by atoms with E-state index in [4.69, 9.17) is 0 Å². The molecule has 0 aliphatic carbocycles. The molecular weight excluding hydrogens is 330 g/mol. The number of halogens is 1. The van der Waals surface area contributed by atoms with Crippen molar-refractivity contribution < 1.29 is 5.11 Å². The van der Waals surface area contributed by atoms with Crippen LogP contribution in [0.1, 0.15) is 51.4 Å². The summed E-state index contributed by atoms with van der Waals surface area (Å²) in [5.74, 6) is 0. The Balaban J connectivity index is 2.14. The van der Waals surface area contributed by atoms with Gasteiger partial charge in [0.15, 0.2) is 0 Å². The van der Waals surface area contributed by atoms with Crippen molar-refractivity contribution in [1.82, 2.24) is 14.7 Å². The smallest absolute Gasteiger partial charge is 0.0738 e. The Labute approximate surface area is 136 Å². The number of nitrogens with zero attached hydrogens (tertiary/aromatic N) is 3. The normalized spacial score (nSPS) is 24.5. The fourth-order valence-electron chi connectivity index (χ4n) is 3.24. The number of likely N-dealkylation sites (tertiary alicyclic amines) is 1. The second kappa shape index (κ2) is 6.80. The number of hydrogen-bond donors (Lipinski definition) is 1. The van der Waals surface area contributed by atoms with Gasteiger partial charge in [0, 0.05) is 25.6 Å². The van der Waals surface area contributed by atoms with Crippen molar-refractivity contribution in [3.05, 3.63) is 15.9 Å². The monoisotopic (exact) mass is 357 g/mol. The molecule has 0 saturated carbocycles. The van der Waals surface area contributed by atoms with Crippen molar-refractivity contribution in [1.29, 1.82) is 0 Å². The number of rotatable bonds is 4. The van der Waals surface area contributed by atoms with E-state index in [-0.39, 0.29) is 0 Å². The Bertz CT molecular complexity index is 486. The topological polar surface area (TPSA) is 41.3 Å². The first kappa shape index (κ1) is 17.0. The molecule has 1 atom stereocenters. The van der Waals surface area contributed by atoms with Gasteiger partial charge in [-0.1, -0.05) is 0 Å². The summed E-state index contributed by atoms with van der Waals surface area (Å²) in [4.78, 5) is 2.47. The minimum atomic E-state index is -0.606. The third kappa shape index (κ3) is 3.88. The molecule has 1 aliphatic rings. The maximum Gasteiger partial charge on any atom is 0.0738 e. The van der Waals surface area contributed by atoms with E-state index in [0.717, 1.165) is 54.8 Å². The van der Waals surface area contributed by atoms with Crippen LogP contribution in [-0.2, 0) is 13.0 Å². The second-order valence-electron chi connectivity index (χ2n) is 6.55. The van der Waals surface area contributed by atoms with Crippen LogP contribution < -0.4 is 0 Å².